The van der Waals surface area contributed by atoms with Crippen molar-refractivity contribution in [2.75, 3.05) is 31.6 Å². The van der Waals surface area contributed by atoms with E-state index in [0.29, 0.717) is 24.5 Å². The number of morpholine rings is 1. The molecular weight excluding hydrogens is 424 g/mol. The van der Waals surface area contributed by atoms with E-state index in [1.54, 1.807) is 17.5 Å². The summed E-state index contributed by atoms with van der Waals surface area (Å²) in [6, 6.07) is 14.6. The van der Waals surface area contributed by atoms with Crippen LogP contribution in [0.4, 0.5) is 5.69 Å². The lowest BCUT2D eigenvalue weighted by atomic mass is 10.1. The first kappa shape index (κ1) is 19.3. The number of hydrogen-bond donors (Lipinski definition) is 1. The van der Waals surface area contributed by atoms with Gasteiger partial charge in [-0.3, -0.25) is 4.79 Å². The van der Waals surface area contributed by atoms with E-state index in [0.717, 1.165) is 27.7 Å². The van der Waals surface area contributed by atoms with Gasteiger partial charge in [-0.15, -0.1) is 11.3 Å². The monoisotopic (exact) mass is 442 g/mol. The van der Waals surface area contributed by atoms with Crippen molar-refractivity contribution in [1.29, 1.82) is 0 Å². The Kier molecular flexibility index (Phi) is 4.82. The van der Waals surface area contributed by atoms with Gasteiger partial charge in [0, 0.05) is 35.6 Å². The van der Waals surface area contributed by atoms with Crippen molar-refractivity contribution >= 4 is 54.9 Å². The number of fused-ring (bicyclic) bond motifs is 3. The molecule has 5 rings (SSSR count). The largest absolute Gasteiger partial charge is 0.456 e. The van der Waals surface area contributed by atoms with Gasteiger partial charge in [-0.1, -0.05) is 18.2 Å². The topological polar surface area (TPSA) is 88.8 Å². The molecule has 7 nitrogen and oxygen atoms in total. The molecule has 4 aromatic rings. The highest BCUT2D eigenvalue weighted by Crippen LogP contribution is 2.31. The fourth-order valence-electron chi connectivity index (χ4n) is 3.58. The van der Waals surface area contributed by atoms with Gasteiger partial charge in [0.2, 0.25) is 10.0 Å². The smallest absolute Gasteiger partial charge is 0.267 e. The van der Waals surface area contributed by atoms with Gasteiger partial charge in [0.15, 0.2) is 0 Å². The zero-order valence-electron chi connectivity index (χ0n) is 15.8. The molecular formula is C21H18N2O5S2. The number of benzene rings is 2. The second kappa shape index (κ2) is 7.51. The second-order valence-corrected chi connectivity index (χ2v) is 9.72. The number of nitrogens with one attached hydrogen (secondary N) is 1. The molecule has 1 aliphatic heterocycles. The van der Waals surface area contributed by atoms with Crippen molar-refractivity contribution in [1.82, 2.24) is 4.31 Å². The molecule has 1 aliphatic rings. The zero-order valence-corrected chi connectivity index (χ0v) is 17.5. The van der Waals surface area contributed by atoms with Gasteiger partial charge in [-0.2, -0.15) is 4.31 Å². The van der Waals surface area contributed by atoms with Gasteiger partial charge in [-0.05, 0) is 29.6 Å². The van der Waals surface area contributed by atoms with Crippen LogP contribution in [0.3, 0.4) is 0 Å². The van der Waals surface area contributed by atoms with Crippen LogP contribution in [-0.2, 0) is 14.8 Å². The number of para-hydroxylation sites is 1. The molecule has 1 fully saturated rings. The number of ether oxygens (including phenoxy) is 1. The van der Waals surface area contributed by atoms with Crippen LogP contribution in [0, 0.1) is 0 Å². The quantitative estimate of drug-likeness (QED) is 0.517. The minimum Gasteiger partial charge on any atom is -0.456 e. The highest BCUT2D eigenvalue weighted by Gasteiger charge is 2.31. The lowest BCUT2D eigenvalue weighted by molar-refractivity contribution is 0.0730. The van der Waals surface area contributed by atoms with E-state index < -0.39 is 15.9 Å². The Morgan fingerprint density at radius 2 is 1.77 bits per heavy atom. The lowest BCUT2D eigenvalue weighted by Gasteiger charge is -2.26. The maximum absolute atomic E-state index is 13.0. The fourth-order valence-corrected chi connectivity index (χ4v) is 6.29. The highest BCUT2D eigenvalue weighted by atomic mass is 32.2. The van der Waals surface area contributed by atoms with Gasteiger partial charge < -0.3 is 14.5 Å². The van der Waals surface area contributed by atoms with Crippen LogP contribution in [0.1, 0.15) is 9.67 Å². The summed E-state index contributed by atoms with van der Waals surface area (Å²) in [7, 11) is -3.75. The van der Waals surface area contributed by atoms with Crippen molar-refractivity contribution in [2.45, 2.75) is 4.90 Å². The van der Waals surface area contributed by atoms with E-state index in [1.165, 1.54) is 10.4 Å². The Hall–Kier alpha value is -2.72. The molecule has 1 N–H and O–H groups in total. The van der Waals surface area contributed by atoms with Crippen molar-refractivity contribution < 1.29 is 22.4 Å². The number of anilines is 1. The molecule has 2 aromatic carbocycles. The number of hydrogen-bond acceptors (Lipinski definition) is 6. The van der Waals surface area contributed by atoms with Crippen molar-refractivity contribution in [2.24, 2.45) is 0 Å². The molecule has 0 saturated carbocycles. The number of nitrogens with zero attached hydrogens (tertiary/aromatic N) is 1. The van der Waals surface area contributed by atoms with Crippen molar-refractivity contribution in [3.8, 4) is 0 Å². The molecule has 3 heterocycles. The molecule has 154 valence electrons. The first-order chi connectivity index (χ1) is 14.5. The summed E-state index contributed by atoms with van der Waals surface area (Å²) in [6.07, 6.45) is 0. The molecule has 1 saturated heterocycles. The van der Waals surface area contributed by atoms with E-state index in [4.69, 9.17) is 9.15 Å². The average Bonchev–Trinajstić information content (AvgIpc) is 3.39. The van der Waals surface area contributed by atoms with Gasteiger partial charge in [0.05, 0.1) is 13.2 Å². The molecule has 0 aliphatic carbocycles. The third-order valence-corrected chi connectivity index (χ3v) is 8.04. The van der Waals surface area contributed by atoms with Crippen LogP contribution >= 0.6 is 11.3 Å². The van der Waals surface area contributed by atoms with Crippen LogP contribution in [0.15, 0.2) is 63.2 Å². The van der Waals surface area contributed by atoms with Gasteiger partial charge in [0.1, 0.15) is 20.9 Å². The molecule has 0 spiro atoms. The van der Waals surface area contributed by atoms with Crippen LogP contribution in [0.2, 0.25) is 0 Å². The molecule has 30 heavy (non-hydrogen) atoms. The van der Waals surface area contributed by atoms with E-state index in [1.807, 2.05) is 30.3 Å². The van der Waals surface area contributed by atoms with Gasteiger partial charge >= 0.3 is 0 Å². The Balaban J connectivity index is 1.44. The Morgan fingerprint density at radius 3 is 2.60 bits per heavy atom. The average molecular weight is 443 g/mol. The van der Waals surface area contributed by atoms with Crippen LogP contribution < -0.4 is 5.32 Å². The minimum atomic E-state index is -3.75. The number of rotatable bonds is 4. The molecule has 9 heteroatoms. The van der Waals surface area contributed by atoms with E-state index in [-0.39, 0.29) is 22.9 Å². The first-order valence-electron chi connectivity index (χ1n) is 9.42. The SMILES string of the molecule is O=C(Nc1ccc2c(c1)oc1ccccc12)c1sccc1S(=O)(=O)N1CCOCC1. The third-order valence-electron chi connectivity index (χ3n) is 5.06. The van der Waals surface area contributed by atoms with E-state index in [2.05, 4.69) is 5.32 Å². The second-order valence-electron chi connectivity index (χ2n) is 6.89. The Bertz CT molecular complexity index is 1350. The van der Waals surface area contributed by atoms with Crippen LogP contribution in [-0.4, -0.2) is 44.9 Å². The van der Waals surface area contributed by atoms with Gasteiger partial charge in [0.25, 0.3) is 5.91 Å². The normalized spacial score (nSPS) is 15.6. The van der Waals surface area contributed by atoms with E-state index >= 15 is 0 Å². The lowest BCUT2D eigenvalue weighted by Crippen LogP contribution is -2.41. The standard InChI is InChI=1S/C21H18N2O5S2/c24-21(20-19(7-12-29-20)30(25,26)23-8-10-27-11-9-23)22-14-5-6-16-15-3-1-2-4-17(15)28-18(16)13-14/h1-7,12-13H,8-11H2,(H,22,24). The van der Waals surface area contributed by atoms with Crippen LogP contribution in [0.5, 0.6) is 0 Å². The van der Waals surface area contributed by atoms with Gasteiger partial charge in [-0.25, -0.2) is 8.42 Å². The number of carbonyl (C=O) groups excluding carboxylic acids is 1. The number of carbonyl (C=O) groups is 1. The number of furan rings is 1. The van der Waals surface area contributed by atoms with Crippen LogP contribution in [0.25, 0.3) is 21.9 Å². The molecule has 0 atom stereocenters. The molecule has 0 unspecified atom stereocenters. The highest BCUT2D eigenvalue weighted by molar-refractivity contribution is 7.89. The molecule has 0 radical (unpaired) electrons. The predicted molar refractivity (Wildman–Crippen MR) is 116 cm³/mol. The van der Waals surface area contributed by atoms with Crippen molar-refractivity contribution in [3.05, 3.63) is 58.8 Å². The summed E-state index contributed by atoms with van der Waals surface area (Å²) in [5, 5.41) is 6.37. The summed E-state index contributed by atoms with van der Waals surface area (Å²) in [6.45, 7) is 1.26. The summed E-state index contributed by atoms with van der Waals surface area (Å²) < 4.78 is 38.4. The Labute approximate surface area is 176 Å². The Morgan fingerprint density at radius 1 is 1.00 bits per heavy atom. The third kappa shape index (κ3) is 3.29. The maximum Gasteiger partial charge on any atom is 0.267 e. The number of thiophene rings is 1. The molecule has 0 bridgehead atoms. The molecule has 1 amide bonds. The summed E-state index contributed by atoms with van der Waals surface area (Å²) >= 11 is 1.10. The predicted octanol–water partition coefficient (Wildman–Crippen LogP) is 3.92. The summed E-state index contributed by atoms with van der Waals surface area (Å²) in [5.41, 5.74) is 1.96. The first-order valence-corrected chi connectivity index (χ1v) is 11.7. The zero-order chi connectivity index (χ0) is 20.7. The summed E-state index contributed by atoms with van der Waals surface area (Å²) in [4.78, 5) is 13.1. The fraction of sp³-hybridized carbons (Fsp3) is 0.190. The maximum atomic E-state index is 13.0. The van der Waals surface area contributed by atoms with Crippen molar-refractivity contribution in [3.63, 3.8) is 0 Å². The minimum absolute atomic E-state index is 0.0247. The number of sulfonamides is 1. The van der Waals surface area contributed by atoms with E-state index in [9.17, 15) is 13.2 Å². The molecule has 2 aromatic heterocycles. The summed E-state index contributed by atoms with van der Waals surface area (Å²) in [5.74, 6) is -0.465. The number of amides is 1.